The fourth-order valence-electron chi connectivity index (χ4n) is 3.02. The second kappa shape index (κ2) is 6.75. The van der Waals surface area contributed by atoms with E-state index in [4.69, 9.17) is 11.5 Å². The number of nitrogen functional groups attached to an aromatic ring is 1. The molecule has 0 bridgehead atoms. The fourth-order valence-corrected chi connectivity index (χ4v) is 3.02. The molecule has 1 aliphatic rings. The van der Waals surface area contributed by atoms with Crippen molar-refractivity contribution >= 4 is 17.3 Å². The van der Waals surface area contributed by atoms with Crippen LogP contribution in [0.15, 0.2) is 36.7 Å². The third kappa shape index (κ3) is 3.48. The van der Waals surface area contributed by atoms with Crippen molar-refractivity contribution in [3.05, 3.63) is 47.9 Å². The molecule has 0 saturated carbocycles. The van der Waals surface area contributed by atoms with Crippen molar-refractivity contribution < 1.29 is 4.79 Å². The molecule has 1 saturated heterocycles. The average Bonchev–Trinajstić information content (AvgIpc) is 2.55. The van der Waals surface area contributed by atoms with Gasteiger partial charge in [0.25, 0.3) is 0 Å². The number of benzene rings is 1. The van der Waals surface area contributed by atoms with Gasteiger partial charge in [-0.3, -0.25) is 4.79 Å². The molecule has 1 unspecified atom stereocenters. The summed E-state index contributed by atoms with van der Waals surface area (Å²) in [6.45, 7) is 1.78. The van der Waals surface area contributed by atoms with Crippen LogP contribution in [0.1, 0.15) is 28.9 Å². The van der Waals surface area contributed by atoms with Gasteiger partial charge in [0.1, 0.15) is 5.69 Å². The second-order valence-electron chi connectivity index (χ2n) is 5.87. The van der Waals surface area contributed by atoms with E-state index < -0.39 is 0 Å². The smallest absolute Gasteiger partial charge is 0.189 e. The van der Waals surface area contributed by atoms with Crippen LogP contribution in [-0.4, -0.2) is 34.9 Å². The van der Waals surface area contributed by atoms with Crippen molar-refractivity contribution in [1.29, 1.82) is 0 Å². The molecule has 120 valence electrons. The maximum atomic E-state index is 12.5. The minimum absolute atomic E-state index is 0.121. The van der Waals surface area contributed by atoms with Crippen LogP contribution in [-0.2, 0) is 6.42 Å². The zero-order valence-corrected chi connectivity index (χ0v) is 13.0. The highest BCUT2D eigenvalue weighted by molar-refractivity contribution is 5.99. The highest BCUT2D eigenvalue weighted by Gasteiger charge is 2.21. The van der Waals surface area contributed by atoms with Crippen LogP contribution in [0.4, 0.5) is 11.5 Å². The number of para-hydroxylation sites is 1. The van der Waals surface area contributed by atoms with Gasteiger partial charge in [-0.2, -0.15) is 0 Å². The van der Waals surface area contributed by atoms with Gasteiger partial charge >= 0.3 is 0 Å². The largest absolute Gasteiger partial charge is 0.382 e. The Hall–Kier alpha value is -2.47. The molecule has 1 aromatic heterocycles. The van der Waals surface area contributed by atoms with Crippen molar-refractivity contribution in [2.45, 2.75) is 25.3 Å². The summed E-state index contributed by atoms with van der Waals surface area (Å²) in [6.07, 6.45) is 5.34. The number of nitrogens with two attached hydrogens (primary N) is 2. The summed E-state index contributed by atoms with van der Waals surface area (Å²) >= 11 is 0. The van der Waals surface area contributed by atoms with Crippen molar-refractivity contribution in [2.75, 3.05) is 23.7 Å². The molecule has 0 amide bonds. The summed E-state index contributed by atoms with van der Waals surface area (Å²) in [5.41, 5.74) is 14.1. The average molecular weight is 311 g/mol. The van der Waals surface area contributed by atoms with Gasteiger partial charge in [0.05, 0.1) is 0 Å². The van der Waals surface area contributed by atoms with Gasteiger partial charge in [-0.25, -0.2) is 9.97 Å². The van der Waals surface area contributed by atoms with Crippen LogP contribution >= 0.6 is 0 Å². The lowest BCUT2D eigenvalue weighted by Gasteiger charge is -2.34. The van der Waals surface area contributed by atoms with Crippen molar-refractivity contribution in [1.82, 2.24) is 9.97 Å². The third-order valence-electron chi connectivity index (χ3n) is 4.13. The lowest BCUT2D eigenvalue weighted by molar-refractivity contribution is 0.0989. The first-order chi connectivity index (χ1) is 11.1. The number of Topliss-reactive ketones (excluding diaryl/α,β-unsaturated/α-hetero) is 1. The molecule has 0 spiro atoms. The van der Waals surface area contributed by atoms with Crippen LogP contribution in [0.25, 0.3) is 0 Å². The minimum Gasteiger partial charge on any atom is -0.382 e. The number of hydrogen-bond donors (Lipinski definition) is 2. The molecule has 1 atom stereocenters. The first-order valence-corrected chi connectivity index (χ1v) is 7.83. The van der Waals surface area contributed by atoms with Crippen molar-refractivity contribution in [3.8, 4) is 0 Å². The summed E-state index contributed by atoms with van der Waals surface area (Å²) in [5.74, 6) is 0.0549. The van der Waals surface area contributed by atoms with Crippen LogP contribution < -0.4 is 16.4 Å². The van der Waals surface area contributed by atoms with Gasteiger partial charge in [-0.15, -0.1) is 0 Å². The summed E-state index contributed by atoms with van der Waals surface area (Å²) in [6, 6.07) is 8.12. The summed E-state index contributed by atoms with van der Waals surface area (Å²) < 4.78 is 0. The van der Waals surface area contributed by atoms with Crippen LogP contribution in [0.5, 0.6) is 0 Å². The molecule has 2 heterocycles. The maximum absolute atomic E-state index is 12.5. The highest BCUT2D eigenvalue weighted by Crippen LogP contribution is 2.25. The molecule has 1 fully saturated rings. The van der Waals surface area contributed by atoms with E-state index in [1.54, 1.807) is 0 Å². The fraction of sp³-hybridized carbons (Fsp3) is 0.353. The van der Waals surface area contributed by atoms with Gasteiger partial charge in [0, 0.05) is 43.6 Å². The SMILES string of the molecule is Nc1nccnc1C(=O)Cc1ccccc1N1CCCC(N)C1. The Kier molecular flexibility index (Phi) is 4.52. The van der Waals surface area contributed by atoms with Gasteiger partial charge in [-0.1, -0.05) is 18.2 Å². The van der Waals surface area contributed by atoms with E-state index in [0.717, 1.165) is 37.2 Å². The number of carbonyl (C=O) groups is 1. The number of ketones is 1. The van der Waals surface area contributed by atoms with Gasteiger partial charge in [-0.05, 0) is 24.5 Å². The first-order valence-electron chi connectivity index (χ1n) is 7.83. The van der Waals surface area contributed by atoms with Crippen molar-refractivity contribution in [2.24, 2.45) is 5.73 Å². The molecule has 6 nitrogen and oxygen atoms in total. The normalized spacial score (nSPS) is 18.0. The maximum Gasteiger partial charge on any atom is 0.189 e. The van der Waals surface area contributed by atoms with E-state index in [1.165, 1.54) is 12.4 Å². The van der Waals surface area contributed by atoms with E-state index in [1.807, 2.05) is 24.3 Å². The van der Waals surface area contributed by atoms with Gasteiger partial charge < -0.3 is 16.4 Å². The Morgan fingerprint density at radius 3 is 2.83 bits per heavy atom. The first kappa shape index (κ1) is 15.4. The van der Waals surface area contributed by atoms with Gasteiger partial charge in [0.15, 0.2) is 11.6 Å². The molecule has 6 heteroatoms. The number of rotatable bonds is 4. The predicted molar refractivity (Wildman–Crippen MR) is 90.3 cm³/mol. The Balaban J connectivity index is 1.83. The number of hydrogen-bond acceptors (Lipinski definition) is 6. The second-order valence-corrected chi connectivity index (χ2v) is 5.87. The van der Waals surface area contributed by atoms with Crippen LogP contribution in [0.2, 0.25) is 0 Å². The molecule has 3 rings (SSSR count). The molecule has 0 aliphatic carbocycles. The number of carbonyl (C=O) groups excluding carboxylic acids is 1. The number of anilines is 2. The molecular formula is C17H21N5O. The number of aromatic nitrogens is 2. The molecule has 1 aromatic carbocycles. The van der Waals surface area contributed by atoms with E-state index in [2.05, 4.69) is 14.9 Å². The van der Waals surface area contributed by atoms with Crippen LogP contribution in [0, 0.1) is 0 Å². The Bertz CT molecular complexity index is 703. The van der Waals surface area contributed by atoms with Crippen LogP contribution in [0.3, 0.4) is 0 Å². The quantitative estimate of drug-likeness (QED) is 0.829. The standard InChI is InChI=1S/C17H21N5O/c18-13-5-3-9-22(11-13)14-6-2-1-4-12(14)10-15(23)16-17(19)21-8-7-20-16/h1-2,4,6-8,13H,3,5,9-11,18H2,(H2,19,21). The highest BCUT2D eigenvalue weighted by atomic mass is 16.1. The summed E-state index contributed by atoms with van der Waals surface area (Å²) in [7, 11) is 0. The molecule has 23 heavy (non-hydrogen) atoms. The van der Waals surface area contributed by atoms with E-state index in [0.29, 0.717) is 0 Å². The lowest BCUT2D eigenvalue weighted by Crippen LogP contribution is -2.43. The lowest BCUT2D eigenvalue weighted by atomic mass is 10.0. The zero-order valence-electron chi connectivity index (χ0n) is 13.0. The molecule has 2 aromatic rings. The molecule has 0 radical (unpaired) electrons. The van der Waals surface area contributed by atoms with E-state index in [9.17, 15) is 4.79 Å². The Morgan fingerprint density at radius 2 is 2.04 bits per heavy atom. The number of nitrogens with zero attached hydrogens (tertiary/aromatic N) is 3. The van der Waals surface area contributed by atoms with E-state index >= 15 is 0 Å². The molecular weight excluding hydrogens is 290 g/mol. The Morgan fingerprint density at radius 1 is 1.26 bits per heavy atom. The monoisotopic (exact) mass is 311 g/mol. The molecule has 1 aliphatic heterocycles. The Labute approximate surface area is 135 Å². The zero-order chi connectivity index (χ0) is 16.2. The predicted octanol–water partition coefficient (Wildman–Crippen LogP) is 1.41. The number of piperidine rings is 1. The van der Waals surface area contributed by atoms with Gasteiger partial charge in [0.2, 0.25) is 0 Å². The topological polar surface area (TPSA) is 98.1 Å². The van der Waals surface area contributed by atoms with E-state index in [-0.39, 0.29) is 29.8 Å². The van der Waals surface area contributed by atoms with Crippen molar-refractivity contribution in [3.63, 3.8) is 0 Å². The third-order valence-corrected chi connectivity index (χ3v) is 4.13. The summed E-state index contributed by atoms with van der Waals surface area (Å²) in [4.78, 5) is 22.8. The minimum atomic E-state index is -0.121. The summed E-state index contributed by atoms with van der Waals surface area (Å²) in [5, 5.41) is 0. The molecule has 4 N–H and O–H groups in total.